The maximum atomic E-state index is 12.3. The lowest BCUT2D eigenvalue weighted by Crippen LogP contribution is -2.35. The topological polar surface area (TPSA) is 23.6 Å². The van der Waals surface area contributed by atoms with Crippen molar-refractivity contribution in [1.82, 2.24) is 9.80 Å². The molecule has 1 heterocycles. The van der Waals surface area contributed by atoms with E-state index in [1.807, 2.05) is 35.2 Å². The lowest BCUT2D eigenvalue weighted by Gasteiger charge is -2.21. The van der Waals surface area contributed by atoms with Crippen LogP contribution >= 0.6 is 0 Å². The summed E-state index contributed by atoms with van der Waals surface area (Å²) in [6, 6.07) is 9.46. The van der Waals surface area contributed by atoms with E-state index in [1.165, 1.54) is 0 Å². The molecule has 0 N–H and O–H groups in total. The summed E-state index contributed by atoms with van der Waals surface area (Å²) in [4.78, 5) is 16.4. The molecule has 1 saturated heterocycles. The van der Waals surface area contributed by atoms with Gasteiger partial charge in [-0.1, -0.05) is 24.1 Å². The molecular formula is C15H18N2O. The van der Waals surface area contributed by atoms with E-state index in [2.05, 4.69) is 10.8 Å². The van der Waals surface area contributed by atoms with Gasteiger partial charge in [0, 0.05) is 31.7 Å². The van der Waals surface area contributed by atoms with Gasteiger partial charge in [-0.15, -0.1) is 6.42 Å². The van der Waals surface area contributed by atoms with Crippen molar-refractivity contribution in [2.75, 3.05) is 32.7 Å². The fourth-order valence-corrected chi connectivity index (χ4v) is 2.22. The first-order chi connectivity index (χ1) is 8.81. The molecule has 0 aliphatic carbocycles. The third-order valence-corrected chi connectivity index (χ3v) is 3.21. The van der Waals surface area contributed by atoms with Crippen molar-refractivity contribution in [3.05, 3.63) is 35.9 Å². The molecule has 1 amide bonds. The van der Waals surface area contributed by atoms with Crippen LogP contribution in [-0.4, -0.2) is 48.4 Å². The van der Waals surface area contributed by atoms with Gasteiger partial charge in [-0.3, -0.25) is 9.69 Å². The summed E-state index contributed by atoms with van der Waals surface area (Å²) in [6.07, 6.45) is 6.31. The van der Waals surface area contributed by atoms with Crippen LogP contribution < -0.4 is 0 Å². The number of carbonyl (C=O) groups excluding carboxylic acids is 1. The van der Waals surface area contributed by atoms with Crippen molar-refractivity contribution < 1.29 is 4.79 Å². The summed E-state index contributed by atoms with van der Waals surface area (Å²) < 4.78 is 0. The molecule has 18 heavy (non-hydrogen) atoms. The monoisotopic (exact) mass is 242 g/mol. The number of carbonyl (C=O) groups is 1. The zero-order chi connectivity index (χ0) is 12.8. The molecule has 3 nitrogen and oxygen atoms in total. The maximum absolute atomic E-state index is 12.3. The molecule has 0 saturated carbocycles. The Labute approximate surface area is 108 Å². The van der Waals surface area contributed by atoms with Gasteiger partial charge in [0.25, 0.3) is 5.91 Å². The van der Waals surface area contributed by atoms with Gasteiger partial charge in [0.05, 0.1) is 6.54 Å². The largest absolute Gasteiger partial charge is 0.337 e. The molecule has 0 spiro atoms. The lowest BCUT2D eigenvalue weighted by atomic mass is 10.2. The van der Waals surface area contributed by atoms with E-state index in [1.54, 1.807) is 0 Å². The summed E-state index contributed by atoms with van der Waals surface area (Å²) >= 11 is 0. The minimum Gasteiger partial charge on any atom is -0.337 e. The normalized spacial score (nSPS) is 16.9. The fourth-order valence-electron chi connectivity index (χ4n) is 2.22. The van der Waals surface area contributed by atoms with Crippen LogP contribution in [0.1, 0.15) is 16.8 Å². The first kappa shape index (κ1) is 12.7. The highest BCUT2D eigenvalue weighted by Gasteiger charge is 2.19. The van der Waals surface area contributed by atoms with Crippen LogP contribution in [0.2, 0.25) is 0 Å². The Bertz CT molecular complexity index is 436. The van der Waals surface area contributed by atoms with Gasteiger partial charge in [0.2, 0.25) is 0 Å². The number of nitrogens with zero attached hydrogens (tertiary/aromatic N) is 2. The number of rotatable bonds is 2. The van der Waals surface area contributed by atoms with Crippen LogP contribution in [0.15, 0.2) is 30.3 Å². The van der Waals surface area contributed by atoms with E-state index in [-0.39, 0.29) is 5.91 Å². The van der Waals surface area contributed by atoms with Gasteiger partial charge >= 0.3 is 0 Å². The van der Waals surface area contributed by atoms with Gasteiger partial charge in [-0.2, -0.15) is 0 Å². The molecule has 2 rings (SSSR count). The molecule has 3 heteroatoms. The van der Waals surface area contributed by atoms with Crippen molar-refractivity contribution in [3.8, 4) is 12.3 Å². The van der Waals surface area contributed by atoms with Gasteiger partial charge in [0.1, 0.15) is 0 Å². The predicted molar refractivity (Wildman–Crippen MR) is 72.2 cm³/mol. The van der Waals surface area contributed by atoms with Crippen molar-refractivity contribution in [1.29, 1.82) is 0 Å². The van der Waals surface area contributed by atoms with E-state index in [0.29, 0.717) is 6.54 Å². The summed E-state index contributed by atoms with van der Waals surface area (Å²) in [6.45, 7) is 4.09. The SMILES string of the molecule is C#CCN1CCCN(C(=O)c2ccccc2)CC1. The van der Waals surface area contributed by atoms with E-state index in [4.69, 9.17) is 6.42 Å². The molecule has 0 unspecified atom stereocenters. The summed E-state index contributed by atoms with van der Waals surface area (Å²) in [5, 5.41) is 0. The Balaban J connectivity index is 1.98. The summed E-state index contributed by atoms with van der Waals surface area (Å²) in [7, 11) is 0. The van der Waals surface area contributed by atoms with Crippen LogP contribution in [-0.2, 0) is 0 Å². The van der Waals surface area contributed by atoms with Gasteiger partial charge in [-0.05, 0) is 18.6 Å². The average Bonchev–Trinajstić information content (AvgIpc) is 2.65. The van der Waals surface area contributed by atoms with Gasteiger partial charge in [-0.25, -0.2) is 0 Å². The Kier molecular flexibility index (Phi) is 4.38. The Hall–Kier alpha value is -1.79. The molecule has 1 fully saturated rings. The second kappa shape index (κ2) is 6.23. The first-order valence-corrected chi connectivity index (χ1v) is 6.31. The standard InChI is InChI=1S/C15H18N2O/c1-2-9-16-10-6-11-17(13-12-16)15(18)14-7-4-3-5-8-14/h1,3-5,7-8H,6,9-13H2. The van der Waals surface area contributed by atoms with Crippen LogP contribution in [0.5, 0.6) is 0 Å². The lowest BCUT2D eigenvalue weighted by molar-refractivity contribution is 0.0762. The highest BCUT2D eigenvalue weighted by Crippen LogP contribution is 2.08. The van der Waals surface area contributed by atoms with Crippen molar-refractivity contribution in [3.63, 3.8) is 0 Å². The third kappa shape index (κ3) is 3.12. The summed E-state index contributed by atoms with van der Waals surface area (Å²) in [5.74, 6) is 2.79. The molecule has 94 valence electrons. The van der Waals surface area contributed by atoms with Crippen LogP contribution in [0, 0.1) is 12.3 Å². The molecule has 0 radical (unpaired) electrons. The zero-order valence-corrected chi connectivity index (χ0v) is 10.5. The minimum atomic E-state index is 0.123. The molecule has 0 aromatic heterocycles. The van der Waals surface area contributed by atoms with Gasteiger partial charge < -0.3 is 4.90 Å². The molecule has 1 aromatic rings. The van der Waals surface area contributed by atoms with E-state index < -0.39 is 0 Å². The smallest absolute Gasteiger partial charge is 0.253 e. The highest BCUT2D eigenvalue weighted by atomic mass is 16.2. The number of amides is 1. The second-order valence-corrected chi connectivity index (χ2v) is 4.49. The van der Waals surface area contributed by atoms with Gasteiger partial charge in [0.15, 0.2) is 0 Å². The zero-order valence-electron chi connectivity index (χ0n) is 10.5. The maximum Gasteiger partial charge on any atom is 0.253 e. The van der Waals surface area contributed by atoms with Crippen LogP contribution in [0.4, 0.5) is 0 Å². The number of benzene rings is 1. The Morgan fingerprint density at radius 3 is 2.67 bits per heavy atom. The van der Waals surface area contributed by atoms with Crippen LogP contribution in [0.3, 0.4) is 0 Å². The Morgan fingerprint density at radius 2 is 1.94 bits per heavy atom. The highest BCUT2D eigenvalue weighted by molar-refractivity contribution is 5.94. The predicted octanol–water partition coefficient (Wildman–Crippen LogP) is 1.47. The quantitative estimate of drug-likeness (QED) is 0.733. The average molecular weight is 242 g/mol. The molecular weight excluding hydrogens is 224 g/mol. The van der Waals surface area contributed by atoms with Crippen molar-refractivity contribution >= 4 is 5.91 Å². The van der Waals surface area contributed by atoms with E-state index in [0.717, 1.165) is 38.2 Å². The van der Waals surface area contributed by atoms with E-state index in [9.17, 15) is 4.79 Å². The molecule has 1 aliphatic rings. The third-order valence-electron chi connectivity index (χ3n) is 3.21. The summed E-state index contributed by atoms with van der Waals surface area (Å²) in [5.41, 5.74) is 0.767. The molecule has 1 aliphatic heterocycles. The first-order valence-electron chi connectivity index (χ1n) is 6.31. The second-order valence-electron chi connectivity index (χ2n) is 4.49. The number of terminal acetylenes is 1. The minimum absolute atomic E-state index is 0.123. The van der Waals surface area contributed by atoms with Crippen LogP contribution in [0.25, 0.3) is 0 Å². The number of hydrogen-bond acceptors (Lipinski definition) is 2. The van der Waals surface area contributed by atoms with Crippen molar-refractivity contribution in [2.45, 2.75) is 6.42 Å². The number of hydrogen-bond donors (Lipinski definition) is 0. The Morgan fingerprint density at radius 1 is 1.17 bits per heavy atom. The fraction of sp³-hybridized carbons (Fsp3) is 0.400. The molecule has 0 bridgehead atoms. The molecule has 1 aromatic carbocycles. The van der Waals surface area contributed by atoms with Crippen molar-refractivity contribution in [2.24, 2.45) is 0 Å². The van der Waals surface area contributed by atoms with E-state index >= 15 is 0 Å². The molecule has 0 atom stereocenters.